The van der Waals surface area contributed by atoms with Gasteiger partial charge in [-0.05, 0) is 13.0 Å². The second kappa shape index (κ2) is 6.61. The van der Waals surface area contributed by atoms with Gasteiger partial charge in [0.25, 0.3) is 0 Å². The molecular formula is C12H17ClO3. The van der Waals surface area contributed by atoms with Crippen LogP contribution in [0.2, 0.25) is 0 Å². The van der Waals surface area contributed by atoms with Gasteiger partial charge >= 0.3 is 0 Å². The van der Waals surface area contributed by atoms with Gasteiger partial charge in [-0.15, -0.1) is 11.6 Å². The van der Waals surface area contributed by atoms with Crippen molar-refractivity contribution in [2.45, 2.75) is 18.9 Å². The van der Waals surface area contributed by atoms with E-state index in [1.54, 1.807) is 14.2 Å². The Bertz CT molecular complexity index is 328. The molecule has 0 aromatic heterocycles. The average Bonchev–Trinajstić information content (AvgIpc) is 2.35. The fourth-order valence-electron chi connectivity index (χ4n) is 1.18. The summed E-state index contributed by atoms with van der Waals surface area (Å²) < 4.78 is 15.9. The lowest BCUT2D eigenvalue weighted by Crippen LogP contribution is -2.16. The van der Waals surface area contributed by atoms with E-state index in [0.717, 1.165) is 17.1 Å². The Morgan fingerprint density at radius 3 is 2.62 bits per heavy atom. The fourth-order valence-corrected chi connectivity index (χ4v) is 1.40. The van der Waals surface area contributed by atoms with Crippen LogP contribution in [0.1, 0.15) is 12.5 Å². The molecule has 0 aliphatic heterocycles. The minimum atomic E-state index is 0.0503. The van der Waals surface area contributed by atoms with Crippen LogP contribution in [-0.4, -0.2) is 26.9 Å². The lowest BCUT2D eigenvalue weighted by atomic mass is 10.2. The summed E-state index contributed by atoms with van der Waals surface area (Å²) in [6.45, 7) is 2.44. The van der Waals surface area contributed by atoms with Crippen LogP contribution in [0.3, 0.4) is 0 Å². The highest BCUT2D eigenvalue weighted by Gasteiger charge is 2.07. The predicted molar refractivity (Wildman–Crippen MR) is 64.5 cm³/mol. The molecule has 0 heterocycles. The smallest absolute Gasteiger partial charge is 0.127 e. The zero-order valence-electron chi connectivity index (χ0n) is 9.83. The number of methoxy groups -OCH3 is 2. The first kappa shape index (κ1) is 13.1. The van der Waals surface area contributed by atoms with Crippen LogP contribution in [0, 0.1) is 0 Å². The Morgan fingerprint density at radius 1 is 1.31 bits per heavy atom. The summed E-state index contributed by atoms with van der Waals surface area (Å²) in [6, 6.07) is 5.60. The van der Waals surface area contributed by atoms with E-state index in [-0.39, 0.29) is 6.10 Å². The van der Waals surface area contributed by atoms with Crippen molar-refractivity contribution in [1.29, 1.82) is 0 Å². The van der Waals surface area contributed by atoms with Gasteiger partial charge in [-0.25, -0.2) is 0 Å². The molecule has 0 fully saturated rings. The highest BCUT2D eigenvalue weighted by molar-refractivity contribution is 6.17. The Morgan fingerprint density at radius 2 is 2.06 bits per heavy atom. The topological polar surface area (TPSA) is 27.7 Å². The maximum Gasteiger partial charge on any atom is 0.127 e. The quantitative estimate of drug-likeness (QED) is 0.721. The second-order valence-electron chi connectivity index (χ2n) is 3.46. The maximum absolute atomic E-state index is 5.82. The summed E-state index contributed by atoms with van der Waals surface area (Å²) in [6.07, 6.45) is 0.0503. The van der Waals surface area contributed by atoms with Crippen molar-refractivity contribution in [3.8, 4) is 11.5 Å². The molecule has 1 aromatic carbocycles. The summed E-state index contributed by atoms with van der Waals surface area (Å²) in [5, 5.41) is 0. The van der Waals surface area contributed by atoms with Crippen molar-refractivity contribution in [2.24, 2.45) is 0 Å². The third kappa shape index (κ3) is 3.58. The van der Waals surface area contributed by atoms with Gasteiger partial charge in [0.05, 0.1) is 19.1 Å². The molecule has 0 aliphatic carbocycles. The Kier molecular flexibility index (Phi) is 5.43. The summed E-state index contributed by atoms with van der Waals surface area (Å²) in [5.74, 6) is 1.92. The molecule has 0 aliphatic rings. The molecule has 3 nitrogen and oxygen atoms in total. The third-order valence-electron chi connectivity index (χ3n) is 2.29. The molecule has 0 saturated carbocycles. The first-order valence-electron chi connectivity index (χ1n) is 5.09. The van der Waals surface area contributed by atoms with E-state index in [0.29, 0.717) is 12.5 Å². The van der Waals surface area contributed by atoms with Crippen LogP contribution in [-0.2, 0) is 10.6 Å². The minimum absolute atomic E-state index is 0.0503. The first-order chi connectivity index (χ1) is 7.71. The first-order valence-corrected chi connectivity index (χ1v) is 5.63. The zero-order valence-corrected chi connectivity index (χ0v) is 10.6. The lowest BCUT2D eigenvalue weighted by molar-refractivity contribution is 0.0713. The average molecular weight is 245 g/mol. The lowest BCUT2D eigenvalue weighted by Gasteiger charge is -2.14. The molecule has 0 radical (unpaired) electrons. The normalized spacial score (nSPS) is 12.2. The molecule has 0 bridgehead atoms. The number of alkyl halides is 1. The molecule has 1 unspecified atom stereocenters. The summed E-state index contributed by atoms with van der Waals surface area (Å²) in [4.78, 5) is 0. The standard InChI is InChI=1S/C12H17ClO3/c1-9(14-2)8-16-12-6-11(15-3)5-4-10(12)7-13/h4-6,9H,7-8H2,1-3H3. The molecule has 90 valence electrons. The van der Waals surface area contributed by atoms with Crippen molar-refractivity contribution < 1.29 is 14.2 Å². The number of hydrogen-bond donors (Lipinski definition) is 0. The van der Waals surface area contributed by atoms with Gasteiger partial charge in [0.2, 0.25) is 0 Å². The minimum Gasteiger partial charge on any atom is -0.497 e. The third-order valence-corrected chi connectivity index (χ3v) is 2.58. The Labute approximate surface area is 101 Å². The Hall–Kier alpha value is -0.930. The predicted octanol–water partition coefficient (Wildman–Crippen LogP) is 2.85. The molecule has 1 atom stereocenters. The van der Waals surface area contributed by atoms with Crippen molar-refractivity contribution in [2.75, 3.05) is 20.8 Å². The van der Waals surface area contributed by atoms with Crippen LogP contribution < -0.4 is 9.47 Å². The summed E-state index contributed by atoms with van der Waals surface area (Å²) >= 11 is 5.82. The van der Waals surface area contributed by atoms with Crippen molar-refractivity contribution in [3.05, 3.63) is 23.8 Å². The monoisotopic (exact) mass is 244 g/mol. The molecule has 0 N–H and O–H groups in total. The van der Waals surface area contributed by atoms with Gasteiger partial charge in [-0.1, -0.05) is 6.07 Å². The van der Waals surface area contributed by atoms with Crippen LogP contribution in [0.5, 0.6) is 11.5 Å². The number of halogens is 1. The second-order valence-corrected chi connectivity index (χ2v) is 3.73. The van der Waals surface area contributed by atoms with Crippen LogP contribution in [0.25, 0.3) is 0 Å². The van der Waals surface area contributed by atoms with Gasteiger partial charge in [0.1, 0.15) is 18.1 Å². The molecule has 4 heteroatoms. The van der Waals surface area contributed by atoms with Gasteiger partial charge in [-0.2, -0.15) is 0 Å². The van der Waals surface area contributed by atoms with E-state index >= 15 is 0 Å². The SMILES string of the molecule is COc1ccc(CCl)c(OCC(C)OC)c1. The largest absolute Gasteiger partial charge is 0.497 e. The highest BCUT2D eigenvalue weighted by atomic mass is 35.5. The maximum atomic E-state index is 5.82. The number of ether oxygens (including phenoxy) is 3. The number of rotatable bonds is 6. The van der Waals surface area contributed by atoms with Crippen LogP contribution in [0.4, 0.5) is 0 Å². The van der Waals surface area contributed by atoms with Crippen LogP contribution in [0.15, 0.2) is 18.2 Å². The van der Waals surface area contributed by atoms with Gasteiger partial charge in [0, 0.05) is 18.7 Å². The molecule has 0 spiro atoms. The molecule has 16 heavy (non-hydrogen) atoms. The summed E-state index contributed by atoms with van der Waals surface area (Å²) in [5.41, 5.74) is 0.950. The Balaban J connectivity index is 2.75. The van der Waals surface area contributed by atoms with E-state index in [4.69, 9.17) is 25.8 Å². The van der Waals surface area contributed by atoms with E-state index < -0.39 is 0 Å². The van der Waals surface area contributed by atoms with Gasteiger partial charge in [0.15, 0.2) is 0 Å². The summed E-state index contributed by atoms with van der Waals surface area (Å²) in [7, 11) is 3.28. The molecule has 0 amide bonds. The van der Waals surface area contributed by atoms with E-state index in [1.165, 1.54) is 0 Å². The molecule has 1 rings (SSSR count). The van der Waals surface area contributed by atoms with Crippen molar-refractivity contribution in [3.63, 3.8) is 0 Å². The highest BCUT2D eigenvalue weighted by Crippen LogP contribution is 2.26. The molecule has 1 aromatic rings. The number of benzene rings is 1. The van der Waals surface area contributed by atoms with Crippen molar-refractivity contribution >= 4 is 11.6 Å². The molecule has 0 saturated heterocycles. The molecular weight excluding hydrogens is 228 g/mol. The van der Waals surface area contributed by atoms with E-state index in [9.17, 15) is 0 Å². The van der Waals surface area contributed by atoms with Crippen LogP contribution >= 0.6 is 11.6 Å². The van der Waals surface area contributed by atoms with Crippen molar-refractivity contribution in [1.82, 2.24) is 0 Å². The van der Waals surface area contributed by atoms with E-state index in [2.05, 4.69) is 0 Å². The van der Waals surface area contributed by atoms with Gasteiger partial charge < -0.3 is 14.2 Å². The van der Waals surface area contributed by atoms with E-state index in [1.807, 2.05) is 25.1 Å². The number of hydrogen-bond acceptors (Lipinski definition) is 3. The van der Waals surface area contributed by atoms with Gasteiger partial charge in [-0.3, -0.25) is 0 Å². The zero-order chi connectivity index (χ0) is 12.0. The fraction of sp³-hybridized carbons (Fsp3) is 0.500.